The monoisotopic (exact) mass is 221 g/mol. The van der Waals surface area contributed by atoms with Gasteiger partial charge < -0.3 is 14.8 Å². The van der Waals surface area contributed by atoms with Gasteiger partial charge in [0, 0.05) is 12.6 Å². The van der Waals surface area contributed by atoms with E-state index in [1.807, 2.05) is 18.2 Å². The molecule has 88 valence electrons. The van der Waals surface area contributed by atoms with Crippen molar-refractivity contribution in [3.63, 3.8) is 0 Å². The molecule has 2 rings (SSSR count). The zero-order chi connectivity index (χ0) is 11.4. The molecule has 1 atom stereocenters. The first-order chi connectivity index (χ1) is 7.79. The normalized spacial score (nSPS) is 20.5. The maximum absolute atomic E-state index is 5.99. The van der Waals surface area contributed by atoms with E-state index in [0.717, 1.165) is 36.6 Å². The molecule has 1 aromatic rings. The van der Waals surface area contributed by atoms with Crippen LogP contribution in [0.2, 0.25) is 0 Å². The van der Waals surface area contributed by atoms with Crippen LogP contribution in [0.1, 0.15) is 18.4 Å². The number of aryl methyl sites for hydroxylation is 1. The number of piperidine rings is 1. The van der Waals surface area contributed by atoms with Crippen molar-refractivity contribution in [1.29, 1.82) is 0 Å². The molecule has 1 fully saturated rings. The van der Waals surface area contributed by atoms with Crippen molar-refractivity contribution >= 4 is 0 Å². The fourth-order valence-electron chi connectivity index (χ4n) is 1.93. The van der Waals surface area contributed by atoms with Crippen LogP contribution in [0.15, 0.2) is 18.2 Å². The van der Waals surface area contributed by atoms with Crippen LogP contribution in [-0.2, 0) is 0 Å². The van der Waals surface area contributed by atoms with Gasteiger partial charge in [0.05, 0.1) is 7.11 Å². The highest BCUT2D eigenvalue weighted by atomic mass is 16.5. The quantitative estimate of drug-likeness (QED) is 0.848. The predicted octanol–water partition coefficient (Wildman–Crippen LogP) is 2.13. The molecule has 1 aliphatic rings. The minimum Gasteiger partial charge on any atom is -0.497 e. The van der Waals surface area contributed by atoms with Crippen molar-refractivity contribution in [3.05, 3.63) is 23.8 Å². The molecular formula is C13H19NO2. The third-order valence-corrected chi connectivity index (χ3v) is 2.94. The maximum atomic E-state index is 5.99. The number of hydrogen-bond donors (Lipinski definition) is 1. The van der Waals surface area contributed by atoms with Crippen LogP contribution in [0, 0.1) is 6.92 Å². The summed E-state index contributed by atoms with van der Waals surface area (Å²) in [5, 5.41) is 3.35. The average Bonchev–Trinajstić information content (AvgIpc) is 2.33. The Labute approximate surface area is 96.8 Å². The van der Waals surface area contributed by atoms with Crippen molar-refractivity contribution in [2.24, 2.45) is 0 Å². The van der Waals surface area contributed by atoms with Gasteiger partial charge in [-0.25, -0.2) is 0 Å². The van der Waals surface area contributed by atoms with Crippen LogP contribution in [0.25, 0.3) is 0 Å². The molecule has 1 aromatic carbocycles. The van der Waals surface area contributed by atoms with E-state index in [9.17, 15) is 0 Å². The molecule has 0 saturated carbocycles. The molecule has 0 bridgehead atoms. The van der Waals surface area contributed by atoms with Crippen LogP contribution in [0.4, 0.5) is 0 Å². The van der Waals surface area contributed by atoms with Crippen molar-refractivity contribution in [1.82, 2.24) is 5.32 Å². The Kier molecular flexibility index (Phi) is 3.67. The molecule has 16 heavy (non-hydrogen) atoms. The first kappa shape index (κ1) is 11.3. The molecule has 3 nitrogen and oxygen atoms in total. The summed E-state index contributed by atoms with van der Waals surface area (Å²) in [7, 11) is 1.68. The summed E-state index contributed by atoms with van der Waals surface area (Å²) in [6.45, 7) is 4.11. The van der Waals surface area contributed by atoms with Crippen LogP contribution in [0.5, 0.6) is 11.5 Å². The lowest BCUT2D eigenvalue weighted by Crippen LogP contribution is -2.37. The summed E-state index contributed by atoms with van der Waals surface area (Å²) >= 11 is 0. The Bertz CT molecular complexity index is 346. The van der Waals surface area contributed by atoms with Crippen LogP contribution in [0.3, 0.4) is 0 Å². The lowest BCUT2D eigenvalue weighted by atomic mass is 10.1. The molecule has 0 radical (unpaired) electrons. The molecular weight excluding hydrogens is 202 g/mol. The highest BCUT2D eigenvalue weighted by molar-refractivity contribution is 5.40. The Morgan fingerprint density at radius 2 is 2.25 bits per heavy atom. The summed E-state index contributed by atoms with van der Waals surface area (Å²) in [4.78, 5) is 0. The number of hydrogen-bond acceptors (Lipinski definition) is 3. The first-order valence-electron chi connectivity index (χ1n) is 5.81. The Morgan fingerprint density at radius 3 is 2.94 bits per heavy atom. The van der Waals surface area contributed by atoms with Gasteiger partial charge >= 0.3 is 0 Å². The number of methoxy groups -OCH3 is 1. The lowest BCUT2D eigenvalue weighted by molar-refractivity contribution is 0.165. The number of ether oxygens (including phenoxy) is 2. The highest BCUT2D eigenvalue weighted by Crippen LogP contribution is 2.25. The van der Waals surface area contributed by atoms with Crippen molar-refractivity contribution in [2.75, 3.05) is 20.2 Å². The van der Waals surface area contributed by atoms with E-state index in [2.05, 4.69) is 12.2 Å². The van der Waals surface area contributed by atoms with Gasteiger partial charge in [-0.1, -0.05) is 6.07 Å². The second-order valence-electron chi connectivity index (χ2n) is 4.22. The summed E-state index contributed by atoms with van der Waals surface area (Å²) in [6, 6.07) is 5.95. The van der Waals surface area contributed by atoms with Gasteiger partial charge in [-0.15, -0.1) is 0 Å². The van der Waals surface area contributed by atoms with Gasteiger partial charge in [-0.2, -0.15) is 0 Å². The standard InChI is InChI=1S/C13H19NO2/c1-10-5-6-11(15-2)8-13(10)16-12-4-3-7-14-9-12/h5-6,8,12,14H,3-4,7,9H2,1-2H3. The van der Waals surface area contributed by atoms with Crippen LogP contribution >= 0.6 is 0 Å². The average molecular weight is 221 g/mol. The summed E-state index contributed by atoms with van der Waals surface area (Å²) in [5.41, 5.74) is 1.16. The van der Waals surface area contributed by atoms with E-state index < -0.39 is 0 Å². The second-order valence-corrected chi connectivity index (χ2v) is 4.22. The van der Waals surface area contributed by atoms with Gasteiger partial charge in [-0.05, 0) is 37.9 Å². The van der Waals surface area contributed by atoms with E-state index in [0.29, 0.717) is 6.10 Å². The van der Waals surface area contributed by atoms with E-state index in [-0.39, 0.29) is 0 Å². The highest BCUT2D eigenvalue weighted by Gasteiger charge is 2.15. The first-order valence-corrected chi connectivity index (χ1v) is 5.81. The predicted molar refractivity (Wildman–Crippen MR) is 64.3 cm³/mol. The van der Waals surface area contributed by atoms with Gasteiger partial charge in [-0.3, -0.25) is 0 Å². The van der Waals surface area contributed by atoms with E-state index in [1.165, 1.54) is 6.42 Å². The van der Waals surface area contributed by atoms with Gasteiger partial charge in [0.25, 0.3) is 0 Å². The smallest absolute Gasteiger partial charge is 0.126 e. The summed E-state index contributed by atoms with van der Waals surface area (Å²) in [5.74, 6) is 1.79. The van der Waals surface area contributed by atoms with Gasteiger partial charge in [0.15, 0.2) is 0 Å². The third kappa shape index (κ3) is 2.67. The molecule has 0 aliphatic carbocycles. The Hall–Kier alpha value is -1.22. The van der Waals surface area contributed by atoms with Crippen LogP contribution in [-0.4, -0.2) is 26.3 Å². The third-order valence-electron chi connectivity index (χ3n) is 2.94. The Balaban J connectivity index is 2.06. The van der Waals surface area contributed by atoms with Gasteiger partial charge in [0.1, 0.15) is 17.6 Å². The topological polar surface area (TPSA) is 30.5 Å². The summed E-state index contributed by atoms with van der Waals surface area (Å²) < 4.78 is 11.2. The van der Waals surface area contributed by atoms with Gasteiger partial charge in [0.2, 0.25) is 0 Å². The zero-order valence-electron chi connectivity index (χ0n) is 9.95. The molecule has 1 heterocycles. The minimum absolute atomic E-state index is 0.291. The molecule has 1 unspecified atom stereocenters. The zero-order valence-corrected chi connectivity index (χ0v) is 9.95. The number of nitrogens with one attached hydrogen (secondary N) is 1. The molecule has 0 spiro atoms. The minimum atomic E-state index is 0.291. The van der Waals surface area contributed by atoms with Crippen molar-refractivity contribution in [2.45, 2.75) is 25.9 Å². The Morgan fingerprint density at radius 1 is 1.38 bits per heavy atom. The van der Waals surface area contributed by atoms with Crippen molar-refractivity contribution < 1.29 is 9.47 Å². The maximum Gasteiger partial charge on any atom is 0.126 e. The number of benzene rings is 1. The largest absolute Gasteiger partial charge is 0.497 e. The second kappa shape index (κ2) is 5.21. The molecule has 1 saturated heterocycles. The fourth-order valence-corrected chi connectivity index (χ4v) is 1.93. The summed E-state index contributed by atoms with van der Waals surface area (Å²) in [6.07, 6.45) is 2.61. The fraction of sp³-hybridized carbons (Fsp3) is 0.538. The SMILES string of the molecule is COc1ccc(C)c(OC2CCCNC2)c1. The van der Waals surface area contributed by atoms with E-state index in [1.54, 1.807) is 7.11 Å². The molecule has 3 heteroatoms. The number of rotatable bonds is 3. The van der Waals surface area contributed by atoms with E-state index >= 15 is 0 Å². The van der Waals surface area contributed by atoms with Crippen LogP contribution < -0.4 is 14.8 Å². The molecule has 1 N–H and O–H groups in total. The molecule has 0 amide bonds. The van der Waals surface area contributed by atoms with Crippen molar-refractivity contribution in [3.8, 4) is 11.5 Å². The molecule has 0 aromatic heterocycles. The lowest BCUT2D eigenvalue weighted by Gasteiger charge is -2.24. The molecule has 1 aliphatic heterocycles. The van der Waals surface area contributed by atoms with E-state index in [4.69, 9.17) is 9.47 Å².